The molecule has 0 bridgehead atoms. The van der Waals surface area contributed by atoms with Gasteiger partial charge >= 0.3 is 5.97 Å². The van der Waals surface area contributed by atoms with Crippen LogP contribution in [0.2, 0.25) is 5.02 Å². The average Bonchev–Trinajstić information content (AvgIpc) is 3.32. The summed E-state index contributed by atoms with van der Waals surface area (Å²) >= 11 is 5.83. The molecule has 0 radical (unpaired) electrons. The first-order chi connectivity index (χ1) is 22.7. The molecule has 1 fully saturated rings. The third kappa shape index (κ3) is 9.71. The van der Waals surface area contributed by atoms with E-state index >= 15 is 0 Å². The molecule has 7 nitrogen and oxygen atoms in total. The smallest absolute Gasteiger partial charge is 0.310 e. The fraction of sp³-hybridized carbons (Fsp3) is 0.325. The molecule has 1 heterocycles. The second-order valence-corrected chi connectivity index (χ2v) is 14.3. The molecule has 1 aromatic heterocycles. The second-order valence-electron chi connectivity index (χ2n) is 13.9. The van der Waals surface area contributed by atoms with Gasteiger partial charge in [-0.3, -0.25) is 19.8 Å². The zero-order chi connectivity index (χ0) is 35.1. The van der Waals surface area contributed by atoms with Crippen molar-refractivity contribution in [1.82, 2.24) is 10.4 Å². The fourth-order valence-electron chi connectivity index (χ4n) is 5.43. The van der Waals surface area contributed by atoms with Gasteiger partial charge in [-0.15, -0.1) is 0 Å². The van der Waals surface area contributed by atoms with Gasteiger partial charge < -0.3 is 9.15 Å². The van der Waals surface area contributed by atoms with E-state index in [2.05, 4.69) is 51.3 Å². The summed E-state index contributed by atoms with van der Waals surface area (Å²) in [6, 6.07) is 27.5. The molecule has 252 valence electrons. The summed E-state index contributed by atoms with van der Waals surface area (Å²) in [7, 11) is 0. The molecule has 1 aliphatic carbocycles. The summed E-state index contributed by atoms with van der Waals surface area (Å²) in [5.41, 5.74) is 6.40. The van der Waals surface area contributed by atoms with E-state index in [0.29, 0.717) is 16.1 Å². The number of furan rings is 1. The number of benzene rings is 3. The van der Waals surface area contributed by atoms with Crippen LogP contribution in [0.15, 0.2) is 113 Å². The molecule has 3 aromatic carbocycles. The van der Waals surface area contributed by atoms with Gasteiger partial charge in [0.25, 0.3) is 11.8 Å². The quantitative estimate of drug-likeness (QED) is 0.115. The Bertz CT molecular complexity index is 1720. The molecule has 2 atom stereocenters. The molecule has 4 aromatic rings. The van der Waals surface area contributed by atoms with Gasteiger partial charge in [-0.1, -0.05) is 85.6 Å². The molecular weight excluding hydrogens is 624 g/mol. The molecule has 0 saturated heterocycles. The minimum absolute atomic E-state index is 0.0107. The Kier molecular flexibility index (Phi) is 11.7. The Morgan fingerprint density at radius 3 is 2.08 bits per heavy atom. The van der Waals surface area contributed by atoms with Crippen LogP contribution in [0, 0.1) is 17.3 Å². The number of carbonyl (C=O) groups excluding carboxylic acids is 3. The molecule has 0 aliphatic heterocycles. The summed E-state index contributed by atoms with van der Waals surface area (Å²) in [5.74, 6) is 0.382. The van der Waals surface area contributed by atoms with Crippen molar-refractivity contribution in [2.45, 2.75) is 67.0 Å². The molecule has 0 spiro atoms. The molecule has 1 aliphatic rings. The maximum atomic E-state index is 12.7. The number of esters is 1. The van der Waals surface area contributed by atoms with Crippen molar-refractivity contribution in [2.24, 2.45) is 17.3 Å². The second kappa shape index (κ2) is 15.5. The highest BCUT2D eigenvalue weighted by molar-refractivity contribution is 6.30. The first kappa shape index (κ1) is 36.2. The SMILES string of the molecule is CC(C)(C)N(NC(=O)c1ccc(Cl)cc1)C(=O)c1ccccc1.CC(C)=CC1C(C(=O)OCc2coc(Cc3ccccc3)c2)C1(C)C. The van der Waals surface area contributed by atoms with Crippen LogP contribution in [0.4, 0.5) is 0 Å². The van der Waals surface area contributed by atoms with E-state index in [1.807, 2.05) is 51.1 Å². The van der Waals surface area contributed by atoms with Crippen LogP contribution in [0.5, 0.6) is 0 Å². The minimum Gasteiger partial charge on any atom is -0.469 e. The van der Waals surface area contributed by atoms with E-state index in [1.165, 1.54) is 16.1 Å². The standard InChI is InChI=1S/C22H26O3.C18H19ClN2O2/c1-15(2)10-19-20(22(19,3)4)21(23)25-14-17-12-18(24-13-17)11-16-8-6-5-7-9-16;1-18(2,3)21(17(23)14-7-5-4-6-8-14)20-16(22)13-9-11-15(19)12-10-13/h5-10,12-13,19-20H,11,14H2,1-4H3;4-12H,1-3H3,(H,20,22). The molecule has 2 amide bonds. The average molecular weight is 669 g/mol. The van der Waals surface area contributed by atoms with Crippen molar-refractivity contribution in [3.8, 4) is 0 Å². The predicted molar refractivity (Wildman–Crippen MR) is 189 cm³/mol. The third-order valence-electron chi connectivity index (χ3n) is 8.20. The highest BCUT2D eigenvalue weighted by atomic mass is 35.5. The number of ether oxygens (including phenoxy) is 1. The lowest BCUT2D eigenvalue weighted by atomic mass is 10.1. The summed E-state index contributed by atoms with van der Waals surface area (Å²) < 4.78 is 11.1. The zero-order valence-corrected chi connectivity index (χ0v) is 29.5. The highest BCUT2D eigenvalue weighted by Gasteiger charge is 2.61. The predicted octanol–water partition coefficient (Wildman–Crippen LogP) is 9.08. The number of carbonyl (C=O) groups is 3. The zero-order valence-electron chi connectivity index (χ0n) is 28.8. The van der Waals surface area contributed by atoms with Crippen molar-refractivity contribution < 1.29 is 23.5 Å². The van der Waals surface area contributed by atoms with Gasteiger partial charge in [0.15, 0.2) is 0 Å². The minimum atomic E-state index is -0.574. The van der Waals surface area contributed by atoms with Crippen molar-refractivity contribution in [2.75, 3.05) is 0 Å². The number of hydrogen-bond donors (Lipinski definition) is 1. The van der Waals surface area contributed by atoms with E-state index < -0.39 is 5.54 Å². The van der Waals surface area contributed by atoms with Crippen LogP contribution < -0.4 is 5.43 Å². The monoisotopic (exact) mass is 668 g/mol. The van der Waals surface area contributed by atoms with Crippen LogP contribution in [0.3, 0.4) is 0 Å². The maximum Gasteiger partial charge on any atom is 0.310 e. The molecular formula is C40H45ClN2O5. The molecule has 48 heavy (non-hydrogen) atoms. The number of amides is 2. The van der Waals surface area contributed by atoms with E-state index in [1.54, 1.807) is 54.8 Å². The third-order valence-corrected chi connectivity index (χ3v) is 8.45. The summed E-state index contributed by atoms with van der Waals surface area (Å²) in [5, 5.41) is 1.90. The summed E-state index contributed by atoms with van der Waals surface area (Å²) in [6.45, 7) is 14.2. The van der Waals surface area contributed by atoms with Crippen LogP contribution in [-0.4, -0.2) is 28.3 Å². The van der Waals surface area contributed by atoms with Gasteiger partial charge in [0.1, 0.15) is 12.4 Å². The largest absolute Gasteiger partial charge is 0.469 e. The van der Waals surface area contributed by atoms with Crippen LogP contribution in [0.1, 0.15) is 86.1 Å². The number of halogens is 1. The van der Waals surface area contributed by atoms with Gasteiger partial charge in [-0.2, -0.15) is 0 Å². The molecule has 5 rings (SSSR count). The Balaban J connectivity index is 0.000000218. The lowest BCUT2D eigenvalue weighted by Gasteiger charge is -2.35. The van der Waals surface area contributed by atoms with Crippen LogP contribution in [0.25, 0.3) is 0 Å². The Hall–Kier alpha value is -4.62. The van der Waals surface area contributed by atoms with Crippen molar-refractivity contribution in [3.63, 3.8) is 0 Å². The van der Waals surface area contributed by atoms with E-state index in [0.717, 1.165) is 17.7 Å². The van der Waals surface area contributed by atoms with Crippen molar-refractivity contribution in [1.29, 1.82) is 0 Å². The number of allylic oxidation sites excluding steroid dienone is 2. The fourth-order valence-corrected chi connectivity index (χ4v) is 5.56. The Labute approximate surface area is 288 Å². The van der Waals surface area contributed by atoms with Gasteiger partial charge in [0, 0.05) is 28.1 Å². The number of hydrazine groups is 1. The summed E-state index contributed by atoms with van der Waals surface area (Å²) in [6.07, 6.45) is 4.60. The number of rotatable bonds is 8. The molecule has 2 unspecified atom stereocenters. The topological polar surface area (TPSA) is 88.9 Å². The van der Waals surface area contributed by atoms with E-state index in [-0.39, 0.29) is 41.6 Å². The lowest BCUT2D eigenvalue weighted by Crippen LogP contribution is -2.55. The summed E-state index contributed by atoms with van der Waals surface area (Å²) in [4.78, 5) is 37.5. The van der Waals surface area contributed by atoms with Gasteiger partial charge in [0.2, 0.25) is 0 Å². The van der Waals surface area contributed by atoms with Gasteiger partial charge in [-0.25, -0.2) is 5.01 Å². The van der Waals surface area contributed by atoms with E-state index in [9.17, 15) is 14.4 Å². The highest BCUT2D eigenvalue weighted by Crippen LogP contribution is 2.59. The number of nitrogens with zero attached hydrogens (tertiary/aromatic N) is 1. The lowest BCUT2D eigenvalue weighted by molar-refractivity contribution is -0.147. The first-order valence-corrected chi connectivity index (χ1v) is 16.4. The number of nitrogens with one attached hydrogen (secondary N) is 1. The number of hydrogen-bond acceptors (Lipinski definition) is 5. The Morgan fingerprint density at radius 2 is 1.50 bits per heavy atom. The molecule has 1 saturated carbocycles. The van der Waals surface area contributed by atoms with Gasteiger partial charge in [-0.05, 0) is 94.0 Å². The van der Waals surface area contributed by atoms with Crippen LogP contribution >= 0.6 is 11.6 Å². The van der Waals surface area contributed by atoms with Crippen molar-refractivity contribution in [3.05, 3.63) is 142 Å². The van der Waals surface area contributed by atoms with Gasteiger partial charge in [0.05, 0.1) is 17.7 Å². The van der Waals surface area contributed by atoms with E-state index in [4.69, 9.17) is 20.8 Å². The van der Waals surface area contributed by atoms with Crippen LogP contribution in [-0.2, 0) is 22.6 Å². The van der Waals surface area contributed by atoms with Crippen molar-refractivity contribution >= 4 is 29.4 Å². The Morgan fingerprint density at radius 1 is 0.896 bits per heavy atom. The normalized spacial score (nSPS) is 16.1. The molecule has 8 heteroatoms. The first-order valence-electron chi connectivity index (χ1n) is 16.0. The molecule has 1 N–H and O–H groups in total. The maximum absolute atomic E-state index is 12.7.